The van der Waals surface area contributed by atoms with Crippen LogP contribution in [0, 0.1) is 0 Å². The van der Waals surface area contributed by atoms with Crippen molar-refractivity contribution >= 4 is 0 Å². The van der Waals surface area contributed by atoms with Crippen molar-refractivity contribution in [3.8, 4) is 0 Å². The maximum atomic E-state index is 6.55. The minimum absolute atomic E-state index is 0.0470. The van der Waals surface area contributed by atoms with Gasteiger partial charge in [0.05, 0.1) is 6.10 Å². The molecule has 1 heterocycles. The van der Waals surface area contributed by atoms with Crippen molar-refractivity contribution < 1.29 is 4.74 Å². The van der Waals surface area contributed by atoms with E-state index in [1.807, 2.05) is 0 Å². The summed E-state index contributed by atoms with van der Waals surface area (Å²) in [6.07, 6.45) is 14.5. The van der Waals surface area contributed by atoms with E-state index in [2.05, 4.69) is 72.7 Å². The molecule has 1 aromatic carbocycles. The van der Waals surface area contributed by atoms with Gasteiger partial charge in [0, 0.05) is 13.1 Å². The van der Waals surface area contributed by atoms with Gasteiger partial charge in [0.15, 0.2) is 0 Å². The SMILES string of the molecule is CN1CCC(OC(C2=CCC=CC=C2)c2ccccc2)CC1. The highest BCUT2D eigenvalue weighted by Crippen LogP contribution is 2.31. The van der Waals surface area contributed by atoms with E-state index >= 15 is 0 Å². The van der Waals surface area contributed by atoms with Gasteiger partial charge >= 0.3 is 0 Å². The molecule has 1 unspecified atom stereocenters. The van der Waals surface area contributed by atoms with Gasteiger partial charge in [-0.2, -0.15) is 0 Å². The molecule has 22 heavy (non-hydrogen) atoms. The fraction of sp³-hybridized carbons (Fsp3) is 0.400. The highest BCUT2D eigenvalue weighted by Gasteiger charge is 2.24. The van der Waals surface area contributed by atoms with Gasteiger partial charge in [0.1, 0.15) is 6.10 Å². The first-order valence-electron chi connectivity index (χ1n) is 8.25. The van der Waals surface area contributed by atoms with E-state index in [4.69, 9.17) is 4.74 Å². The van der Waals surface area contributed by atoms with Crippen LogP contribution in [-0.2, 0) is 4.74 Å². The number of hydrogen-bond donors (Lipinski definition) is 0. The summed E-state index contributed by atoms with van der Waals surface area (Å²) in [7, 11) is 2.19. The number of benzene rings is 1. The molecule has 0 bridgehead atoms. The zero-order valence-electron chi connectivity index (χ0n) is 13.3. The molecule has 116 valence electrons. The van der Waals surface area contributed by atoms with Gasteiger partial charge in [0.2, 0.25) is 0 Å². The molecule has 0 amide bonds. The van der Waals surface area contributed by atoms with Crippen LogP contribution in [0.3, 0.4) is 0 Å². The molecule has 0 radical (unpaired) electrons. The molecule has 1 aliphatic carbocycles. The van der Waals surface area contributed by atoms with E-state index in [0.717, 1.165) is 32.4 Å². The number of likely N-dealkylation sites (tertiary alicyclic amines) is 1. The molecule has 2 aliphatic rings. The Labute approximate surface area is 133 Å². The van der Waals surface area contributed by atoms with Crippen LogP contribution in [0.2, 0.25) is 0 Å². The molecular weight excluding hydrogens is 270 g/mol. The van der Waals surface area contributed by atoms with Gasteiger partial charge < -0.3 is 9.64 Å². The summed E-state index contributed by atoms with van der Waals surface area (Å²) >= 11 is 0. The van der Waals surface area contributed by atoms with Crippen LogP contribution < -0.4 is 0 Å². The molecule has 1 aliphatic heterocycles. The van der Waals surface area contributed by atoms with Crippen LogP contribution in [0.25, 0.3) is 0 Å². The van der Waals surface area contributed by atoms with Gasteiger partial charge in [-0.15, -0.1) is 0 Å². The van der Waals surface area contributed by atoms with E-state index in [1.165, 1.54) is 11.1 Å². The lowest BCUT2D eigenvalue weighted by Gasteiger charge is -2.32. The molecule has 1 fully saturated rings. The molecule has 0 spiro atoms. The summed E-state index contributed by atoms with van der Waals surface area (Å²) in [6, 6.07) is 10.6. The summed E-state index contributed by atoms with van der Waals surface area (Å²) in [6.45, 7) is 2.26. The third-order valence-corrected chi connectivity index (χ3v) is 4.42. The molecule has 1 saturated heterocycles. The Kier molecular flexibility index (Phi) is 5.25. The molecule has 2 nitrogen and oxygen atoms in total. The zero-order valence-corrected chi connectivity index (χ0v) is 13.3. The van der Waals surface area contributed by atoms with E-state index in [0.29, 0.717) is 6.10 Å². The third-order valence-electron chi connectivity index (χ3n) is 4.42. The Morgan fingerprint density at radius 2 is 1.86 bits per heavy atom. The van der Waals surface area contributed by atoms with Crippen LogP contribution >= 0.6 is 0 Å². The summed E-state index contributed by atoms with van der Waals surface area (Å²) in [5.74, 6) is 0. The Hall–Kier alpha value is -1.64. The minimum Gasteiger partial charge on any atom is -0.365 e. The van der Waals surface area contributed by atoms with Crippen molar-refractivity contribution in [2.45, 2.75) is 31.5 Å². The van der Waals surface area contributed by atoms with E-state index < -0.39 is 0 Å². The zero-order chi connectivity index (χ0) is 15.2. The van der Waals surface area contributed by atoms with Gasteiger partial charge in [-0.25, -0.2) is 0 Å². The third kappa shape index (κ3) is 3.96. The Bertz CT molecular complexity index is 550. The van der Waals surface area contributed by atoms with Crippen LogP contribution in [0.15, 0.2) is 66.3 Å². The van der Waals surface area contributed by atoms with Gasteiger partial charge in [-0.05, 0) is 37.4 Å². The number of rotatable bonds is 4. The average Bonchev–Trinajstić information content (AvgIpc) is 2.84. The second kappa shape index (κ2) is 7.57. The molecule has 0 saturated carbocycles. The molecule has 2 heteroatoms. The number of piperidine rings is 1. The monoisotopic (exact) mass is 295 g/mol. The fourth-order valence-corrected chi connectivity index (χ4v) is 3.08. The number of nitrogens with zero attached hydrogens (tertiary/aromatic N) is 1. The number of ether oxygens (including phenoxy) is 1. The maximum absolute atomic E-state index is 6.55. The topological polar surface area (TPSA) is 12.5 Å². The van der Waals surface area contributed by atoms with Crippen molar-refractivity contribution in [2.24, 2.45) is 0 Å². The van der Waals surface area contributed by atoms with E-state index in [-0.39, 0.29) is 6.10 Å². The second-order valence-corrected chi connectivity index (χ2v) is 6.16. The maximum Gasteiger partial charge on any atom is 0.108 e. The van der Waals surface area contributed by atoms with Crippen LogP contribution in [0.1, 0.15) is 30.9 Å². The van der Waals surface area contributed by atoms with Crippen LogP contribution in [-0.4, -0.2) is 31.1 Å². The average molecular weight is 295 g/mol. The molecule has 0 N–H and O–H groups in total. The molecule has 1 aromatic rings. The van der Waals surface area contributed by atoms with Gasteiger partial charge in [-0.1, -0.05) is 60.7 Å². The van der Waals surface area contributed by atoms with Crippen molar-refractivity contribution in [1.82, 2.24) is 4.90 Å². The predicted molar refractivity (Wildman–Crippen MR) is 91.8 cm³/mol. The largest absolute Gasteiger partial charge is 0.365 e. The Morgan fingerprint density at radius 1 is 1.09 bits per heavy atom. The molecule has 1 atom stereocenters. The quantitative estimate of drug-likeness (QED) is 0.822. The fourth-order valence-electron chi connectivity index (χ4n) is 3.08. The van der Waals surface area contributed by atoms with Crippen molar-refractivity contribution in [2.75, 3.05) is 20.1 Å². The van der Waals surface area contributed by atoms with Crippen LogP contribution in [0.4, 0.5) is 0 Å². The Morgan fingerprint density at radius 3 is 2.64 bits per heavy atom. The predicted octanol–water partition coefficient (Wildman–Crippen LogP) is 4.28. The smallest absolute Gasteiger partial charge is 0.108 e. The first kappa shape index (κ1) is 15.3. The molecular formula is C20H25NO. The molecule has 3 rings (SSSR count). The van der Waals surface area contributed by atoms with Gasteiger partial charge in [-0.3, -0.25) is 0 Å². The highest BCUT2D eigenvalue weighted by atomic mass is 16.5. The number of allylic oxidation sites excluding steroid dienone is 4. The lowest BCUT2D eigenvalue weighted by atomic mass is 9.99. The summed E-state index contributed by atoms with van der Waals surface area (Å²) in [5.41, 5.74) is 2.52. The number of hydrogen-bond acceptors (Lipinski definition) is 2. The highest BCUT2D eigenvalue weighted by molar-refractivity contribution is 5.35. The van der Waals surface area contributed by atoms with Crippen molar-refractivity contribution in [3.63, 3.8) is 0 Å². The van der Waals surface area contributed by atoms with Crippen molar-refractivity contribution in [3.05, 3.63) is 71.8 Å². The lowest BCUT2D eigenvalue weighted by Crippen LogP contribution is -2.35. The first-order chi connectivity index (χ1) is 10.8. The van der Waals surface area contributed by atoms with Crippen molar-refractivity contribution in [1.29, 1.82) is 0 Å². The standard InChI is InChI=1S/C20H25NO/c1-21-15-13-19(14-16-21)22-20(18-11-7-4-8-12-18)17-9-5-2-3-6-10-17/h2-5,7-12,19-20H,6,13-16H2,1H3. The summed E-state index contributed by atoms with van der Waals surface area (Å²) in [5, 5.41) is 0. The summed E-state index contributed by atoms with van der Waals surface area (Å²) < 4.78 is 6.55. The second-order valence-electron chi connectivity index (χ2n) is 6.16. The van der Waals surface area contributed by atoms with Crippen LogP contribution in [0.5, 0.6) is 0 Å². The normalized spacial score (nSPS) is 21.4. The Balaban J connectivity index is 1.79. The molecule has 0 aromatic heterocycles. The van der Waals surface area contributed by atoms with E-state index in [1.54, 1.807) is 0 Å². The van der Waals surface area contributed by atoms with Gasteiger partial charge in [0.25, 0.3) is 0 Å². The first-order valence-corrected chi connectivity index (χ1v) is 8.25. The summed E-state index contributed by atoms with van der Waals surface area (Å²) in [4.78, 5) is 2.38. The minimum atomic E-state index is 0.0470. The lowest BCUT2D eigenvalue weighted by molar-refractivity contribution is -0.0238. The van der Waals surface area contributed by atoms with E-state index in [9.17, 15) is 0 Å².